The molecule has 0 spiro atoms. The topological polar surface area (TPSA) is 78.5 Å². The third-order valence-corrected chi connectivity index (χ3v) is 8.79. The van der Waals surface area contributed by atoms with Crippen LogP contribution < -0.4 is 10.9 Å². The van der Waals surface area contributed by atoms with Crippen LogP contribution in [0.25, 0.3) is 93.3 Å². The number of hydrogen-bond acceptors (Lipinski definition) is 5. The molecule has 0 amide bonds. The van der Waals surface area contributed by atoms with Gasteiger partial charge in [-0.3, -0.25) is 9.59 Å². The molecule has 0 aliphatic carbocycles. The first kappa shape index (κ1) is 23.4. The molecule has 0 aliphatic heterocycles. The van der Waals surface area contributed by atoms with Crippen LogP contribution in [0.5, 0.6) is 0 Å². The quantitative estimate of drug-likeness (QED) is 0.184. The maximum atomic E-state index is 14.1. The van der Waals surface area contributed by atoms with Crippen molar-refractivity contribution >= 4 is 87.6 Å². The Balaban J connectivity index is 1.30. The van der Waals surface area contributed by atoms with E-state index < -0.39 is 0 Å². The Morgan fingerprint density at radius 1 is 0.409 bits per heavy atom. The Bertz CT molecular complexity index is 2990. The van der Waals surface area contributed by atoms with E-state index in [-0.39, 0.29) is 10.9 Å². The van der Waals surface area contributed by atoms with Crippen molar-refractivity contribution in [1.82, 2.24) is 4.57 Å². The fraction of sp³-hybridized carbons (Fsp3) is 0. The van der Waals surface area contributed by atoms with Crippen molar-refractivity contribution in [2.24, 2.45) is 0 Å². The van der Waals surface area contributed by atoms with E-state index in [2.05, 4.69) is 34.9 Å². The summed E-state index contributed by atoms with van der Waals surface area (Å²) in [6.07, 6.45) is 0. The number of furan rings is 1. The Kier molecular flexibility index (Phi) is 4.39. The van der Waals surface area contributed by atoms with Crippen molar-refractivity contribution in [2.75, 3.05) is 0 Å². The van der Waals surface area contributed by atoms with Crippen LogP contribution in [0.15, 0.2) is 138 Å². The van der Waals surface area contributed by atoms with E-state index in [1.54, 1.807) is 30.3 Å². The molecule has 0 radical (unpaired) electrons. The largest absolute Gasteiger partial charge is 0.456 e. The molecule has 4 heterocycles. The fourth-order valence-electron chi connectivity index (χ4n) is 6.78. The van der Waals surface area contributed by atoms with Gasteiger partial charge in [-0.2, -0.15) is 0 Å². The molecule has 6 aromatic carbocycles. The summed E-state index contributed by atoms with van der Waals surface area (Å²) in [5.74, 6) is 0. The lowest BCUT2D eigenvalue weighted by atomic mass is 10.1. The SMILES string of the molecule is O=c1c2ccccc2oc2cc3oc4ccc(-n5c6ccccc6c6ccc7c8ccccc8oc7c65)cc4c(=O)c3cc12. The van der Waals surface area contributed by atoms with Gasteiger partial charge >= 0.3 is 0 Å². The molecule has 0 saturated carbocycles. The molecule has 0 bridgehead atoms. The minimum Gasteiger partial charge on any atom is -0.456 e. The van der Waals surface area contributed by atoms with Gasteiger partial charge in [0, 0.05) is 33.3 Å². The fourth-order valence-corrected chi connectivity index (χ4v) is 6.78. The Hall–Kier alpha value is -6.14. The maximum Gasteiger partial charge on any atom is 0.200 e. The highest BCUT2D eigenvalue weighted by atomic mass is 16.3. The van der Waals surface area contributed by atoms with Crippen molar-refractivity contribution < 1.29 is 13.3 Å². The highest BCUT2D eigenvalue weighted by molar-refractivity contribution is 6.21. The molecule has 0 N–H and O–H groups in total. The smallest absolute Gasteiger partial charge is 0.200 e. The lowest BCUT2D eigenvalue weighted by Gasteiger charge is -2.10. The normalized spacial score (nSPS) is 12.3. The lowest BCUT2D eigenvalue weighted by Crippen LogP contribution is -2.06. The number of benzene rings is 6. The second kappa shape index (κ2) is 8.24. The minimum atomic E-state index is -0.216. The highest BCUT2D eigenvalue weighted by Gasteiger charge is 2.20. The van der Waals surface area contributed by atoms with E-state index >= 15 is 0 Å². The van der Waals surface area contributed by atoms with Crippen LogP contribution in [0.1, 0.15) is 0 Å². The zero-order valence-electron chi connectivity index (χ0n) is 23.0. The predicted molar refractivity (Wildman–Crippen MR) is 175 cm³/mol. The van der Waals surface area contributed by atoms with Crippen LogP contribution in [0.3, 0.4) is 0 Å². The maximum absolute atomic E-state index is 14.1. The van der Waals surface area contributed by atoms with Crippen LogP contribution >= 0.6 is 0 Å². The van der Waals surface area contributed by atoms with Crippen molar-refractivity contribution in [3.63, 3.8) is 0 Å². The average molecular weight is 570 g/mol. The molecule has 0 atom stereocenters. The molecule has 206 valence electrons. The van der Waals surface area contributed by atoms with Crippen LogP contribution in [0.2, 0.25) is 0 Å². The number of nitrogens with zero attached hydrogens (tertiary/aromatic N) is 1. The molecule has 10 aromatic rings. The van der Waals surface area contributed by atoms with Crippen LogP contribution in [0, 0.1) is 0 Å². The van der Waals surface area contributed by atoms with Gasteiger partial charge in [-0.05, 0) is 54.6 Å². The molecular formula is C38H19NO5. The van der Waals surface area contributed by atoms with E-state index in [0.29, 0.717) is 43.9 Å². The number of para-hydroxylation sites is 3. The van der Waals surface area contributed by atoms with E-state index in [0.717, 1.165) is 49.4 Å². The molecule has 10 rings (SSSR count). The summed E-state index contributed by atoms with van der Waals surface area (Å²) in [5, 5.41) is 5.78. The van der Waals surface area contributed by atoms with Gasteiger partial charge in [-0.15, -0.1) is 0 Å². The molecule has 44 heavy (non-hydrogen) atoms. The molecular weight excluding hydrogens is 550 g/mol. The summed E-state index contributed by atoms with van der Waals surface area (Å²) in [6.45, 7) is 0. The summed E-state index contributed by atoms with van der Waals surface area (Å²) in [6, 6.07) is 36.5. The van der Waals surface area contributed by atoms with Crippen LogP contribution in [-0.4, -0.2) is 4.57 Å². The number of rotatable bonds is 1. The highest BCUT2D eigenvalue weighted by Crippen LogP contribution is 2.40. The molecule has 0 aliphatic rings. The van der Waals surface area contributed by atoms with Gasteiger partial charge in [0.2, 0.25) is 10.9 Å². The van der Waals surface area contributed by atoms with Crippen LogP contribution in [0.4, 0.5) is 0 Å². The third-order valence-electron chi connectivity index (χ3n) is 8.79. The van der Waals surface area contributed by atoms with E-state index in [9.17, 15) is 9.59 Å². The number of hydrogen-bond donors (Lipinski definition) is 0. The summed E-state index contributed by atoms with van der Waals surface area (Å²) >= 11 is 0. The molecule has 0 saturated heterocycles. The standard InChI is InChI=1S/C38H19NO5/c40-36-25-9-3-6-12-31(25)42-33-19-34-28(18-27(33)36)37(41)26-17-20(13-16-32(26)43-34)39-29-10-4-1-7-21(29)23-14-15-24-22-8-2-5-11-30(22)44-38(24)35(23)39/h1-19H. The van der Waals surface area contributed by atoms with E-state index in [1.807, 2.05) is 54.6 Å². The van der Waals surface area contributed by atoms with Gasteiger partial charge in [0.1, 0.15) is 27.9 Å². The van der Waals surface area contributed by atoms with Gasteiger partial charge in [0.15, 0.2) is 5.58 Å². The Labute approximate surface area is 246 Å². The predicted octanol–water partition coefficient (Wildman–Crippen LogP) is 9.20. The second-order valence-electron chi connectivity index (χ2n) is 11.2. The summed E-state index contributed by atoms with van der Waals surface area (Å²) in [4.78, 5) is 27.4. The zero-order valence-corrected chi connectivity index (χ0v) is 23.0. The molecule has 0 unspecified atom stereocenters. The number of aromatic nitrogens is 1. The van der Waals surface area contributed by atoms with Gasteiger partial charge < -0.3 is 17.8 Å². The molecule has 0 fully saturated rings. The molecule has 4 aromatic heterocycles. The second-order valence-corrected chi connectivity index (χ2v) is 11.2. The first-order chi connectivity index (χ1) is 21.6. The first-order valence-corrected chi connectivity index (χ1v) is 14.3. The number of fused-ring (bicyclic) bond motifs is 11. The van der Waals surface area contributed by atoms with E-state index in [4.69, 9.17) is 13.3 Å². The van der Waals surface area contributed by atoms with Gasteiger partial charge in [0.25, 0.3) is 0 Å². The summed E-state index contributed by atoms with van der Waals surface area (Å²) in [7, 11) is 0. The lowest BCUT2D eigenvalue weighted by molar-refractivity contribution is 0.646. The van der Waals surface area contributed by atoms with Gasteiger partial charge in [0.05, 0.1) is 32.6 Å². The average Bonchev–Trinajstić information content (AvgIpc) is 3.60. The van der Waals surface area contributed by atoms with Crippen molar-refractivity contribution in [3.8, 4) is 5.69 Å². The Morgan fingerprint density at radius 3 is 1.80 bits per heavy atom. The van der Waals surface area contributed by atoms with E-state index in [1.165, 1.54) is 0 Å². The van der Waals surface area contributed by atoms with Gasteiger partial charge in [-0.25, -0.2) is 0 Å². The zero-order chi connectivity index (χ0) is 29.1. The first-order valence-electron chi connectivity index (χ1n) is 14.3. The van der Waals surface area contributed by atoms with Crippen molar-refractivity contribution in [1.29, 1.82) is 0 Å². The molecule has 6 heteroatoms. The minimum absolute atomic E-state index is 0.183. The molecule has 6 nitrogen and oxygen atoms in total. The summed E-state index contributed by atoms with van der Waals surface area (Å²) in [5.41, 5.74) is 5.61. The van der Waals surface area contributed by atoms with Crippen molar-refractivity contribution in [3.05, 3.63) is 136 Å². The summed E-state index contributed by atoms with van der Waals surface area (Å²) < 4.78 is 20.9. The Morgan fingerprint density at radius 2 is 1.00 bits per heavy atom. The van der Waals surface area contributed by atoms with Gasteiger partial charge in [-0.1, -0.05) is 54.6 Å². The monoisotopic (exact) mass is 569 g/mol. The van der Waals surface area contributed by atoms with Crippen LogP contribution in [-0.2, 0) is 0 Å². The third kappa shape index (κ3) is 2.98. The van der Waals surface area contributed by atoms with Crippen molar-refractivity contribution in [2.45, 2.75) is 0 Å².